The zero-order chi connectivity index (χ0) is 41.5. The molecule has 2 nitrogen and oxygen atoms in total. The average Bonchev–Trinajstić information content (AvgIpc) is 4.01. The van der Waals surface area contributed by atoms with E-state index < -0.39 is 0 Å². The van der Waals surface area contributed by atoms with Crippen molar-refractivity contribution in [1.29, 1.82) is 0 Å². The summed E-state index contributed by atoms with van der Waals surface area (Å²) in [5, 5.41) is 4.69. The fourth-order valence-corrected chi connectivity index (χ4v) is 11.3. The molecule has 0 radical (unpaired) electrons. The van der Waals surface area contributed by atoms with Crippen LogP contribution in [0.2, 0.25) is 0 Å². The minimum atomic E-state index is -0.304. The molecule has 2 heteroatoms. The maximum atomic E-state index is 6.99. The van der Waals surface area contributed by atoms with E-state index >= 15 is 0 Å². The Balaban J connectivity index is 1.09. The van der Waals surface area contributed by atoms with Crippen LogP contribution in [0.1, 0.15) is 49.9 Å². The topological polar surface area (TPSA) is 26.3 Å². The molecule has 0 atom stereocenters. The predicted molar refractivity (Wildman–Crippen MR) is 258 cm³/mol. The first-order chi connectivity index (χ1) is 30.3. The Bertz CT molecular complexity index is 3430. The third-order valence-electron chi connectivity index (χ3n) is 14.3. The third kappa shape index (κ3) is 4.70. The second kappa shape index (κ2) is 12.6. The van der Waals surface area contributed by atoms with Crippen LogP contribution in [0, 0.1) is 0 Å². The molecule has 13 rings (SSSR count). The Morgan fingerprint density at radius 1 is 0.306 bits per heavy atom. The Labute approximate surface area is 360 Å². The summed E-state index contributed by atoms with van der Waals surface area (Å²) >= 11 is 0. The largest absolute Gasteiger partial charge is 0.455 e. The molecule has 2 aliphatic carbocycles. The van der Waals surface area contributed by atoms with Crippen LogP contribution in [-0.2, 0) is 10.8 Å². The van der Waals surface area contributed by atoms with Crippen molar-refractivity contribution in [3.8, 4) is 66.8 Å². The van der Waals surface area contributed by atoms with Crippen LogP contribution in [0.5, 0.6) is 0 Å². The minimum Gasteiger partial charge on any atom is -0.455 e. The van der Waals surface area contributed by atoms with Gasteiger partial charge in [-0.2, -0.15) is 0 Å². The summed E-state index contributed by atoms with van der Waals surface area (Å²) in [5.74, 6) is 0. The fourth-order valence-electron chi connectivity index (χ4n) is 11.3. The molecule has 294 valence electrons. The highest BCUT2D eigenvalue weighted by Crippen LogP contribution is 2.61. The first-order valence-corrected chi connectivity index (χ1v) is 21.8. The van der Waals surface area contributed by atoms with Crippen LogP contribution >= 0.6 is 0 Å². The normalized spacial score (nSPS) is 14.4. The number of benzene rings is 9. The molecule has 9 aromatic carbocycles. The van der Waals surface area contributed by atoms with Gasteiger partial charge in [0.05, 0.1) is 0 Å². The highest BCUT2D eigenvalue weighted by molar-refractivity contribution is 6.22. The zero-order valence-corrected chi connectivity index (χ0v) is 35.1. The number of rotatable bonds is 4. The molecular weight excluding hydrogens is 753 g/mol. The standard InChI is InChI=1S/C60H42O2/c1-59(2)47-33-46-48(34-45(47)53-49(59)31-43(57-55(53)41-27-15-17-29-51(41)61-57)39-25-13-11-23-37(39)35-19-7-5-8-20-35)60(3,4)50-32-44(40-26-14-12-24-38(40)36-21-9-6-10-22-36)58-56(54(46)50)42-28-16-18-30-52(42)62-58/h5-34H,1-4H3. The first kappa shape index (κ1) is 35.3. The summed E-state index contributed by atoms with van der Waals surface area (Å²) in [4.78, 5) is 0. The summed E-state index contributed by atoms with van der Waals surface area (Å²) in [5.41, 5.74) is 23.0. The van der Waals surface area contributed by atoms with E-state index in [0.29, 0.717) is 0 Å². The quantitative estimate of drug-likeness (QED) is 0.177. The maximum Gasteiger partial charge on any atom is 0.143 e. The molecule has 0 unspecified atom stereocenters. The molecule has 2 heterocycles. The highest BCUT2D eigenvalue weighted by Gasteiger charge is 2.45. The number of fused-ring (bicyclic) bond motifs is 14. The van der Waals surface area contributed by atoms with Gasteiger partial charge in [-0.05, 0) is 114 Å². The van der Waals surface area contributed by atoms with Crippen LogP contribution in [-0.4, -0.2) is 0 Å². The van der Waals surface area contributed by atoms with Gasteiger partial charge in [-0.15, -0.1) is 0 Å². The Morgan fingerprint density at radius 2 is 0.645 bits per heavy atom. The van der Waals surface area contributed by atoms with Gasteiger partial charge in [0.1, 0.15) is 22.3 Å². The molecule has 62 heavy (non-hydrogen) atoms. The van der Waals surface area contributed by atoms with Crippen molar-refractivity contribution in [2.24, 2.45) is 0 Å². The van der Waals surface area contributed by atoms with Gasteiger partial charge in [-0.1, -0.05) is 173 Å². The third-order valence-corrected chi connectivity index (χ3v) is 14.3. The van der Waals surface area contributed by atoms with E-state index in [1.165, 1.54) is 88.7 Å². The molecular formula is C60H42O2. The molecule has 0 aliphatic heterocycles. The average molecular weight is 795 g/mol. The van der Waals surface area contributed by atoms with Crippen molar-refractivity contribution in [2.45, 2.75) is 38.5 Å². The van der Waals surface area contributed by atoms with Gasteiger partial charge in [0.25, 0.3) is 0 Å². The van der Waals surface area contributed by atoms with E-state index in [1.807, 2.05) is 0 Å². The lowest BCUT2D eigenvalue weighted by atomic mass is 9.78. The summed E-state index contributed by atoms with van der Waals surface area (Å²) in [6.45, 7) is 9.66. The van der Waals surface area contributed by atoms with Crippen molar-refractivity contribution in [2.75, 3.05) is 0 Å². The Hall–Kier alpha value is -7.42. The number of para-hydroxylation sites is 2. The summed E-state index contributed by atoms with van der Waals surface area (Å²) in [7, 11) is 0. The van der Waals surface area contributed by atoms with E-state index in [9.17, 15) is 0 Å². The van der Waals surface area contributed by atoms with Gasteiger partial charge in [-0.3, -0.25) is 0 Å². The van der Waals surface area contributed by atoms with Gasteiger partial charge < -0.3 is 8.83 Å². The molecule has 0 fully saturated rings. The van der Waals surface area contributed by atoms with E-state index in [-0.39, 0.29) is 10.8 Å². The van der Waals surface area contributed by atoms with Gasteiger partial charge in [0.15, 0.2) is 0 Å². The van der Waals surface area contributed by atoms with Crippen molar-refractivity contribution in [1.82, 2.24) is 0 Å². The van der Waals surface area contributed by atoms with Crippen molar-refractivity contribution in [3.05, 3.63) is 204 Å². The smallest absolute Gasteiger partial charge is 0.143 e. The lowest BCUT2D eigenvalue weighted by Gasteiger charge is -2.24. The van der Waals surface area contributed by atoms with Crippen molar-refractivity contribution >= 4 is 43.9 Å². The second-order valence-corrected chi connectivity index (χ2v) is 18.3. The summed E-state index contributed by atoms with van der Waals surface area (Å²) in [6.07, 6.45) is 0. The van der Waals surface area contributed by atoms with E-state index in [2.05, 4.69) is 210 Å². The molecule has 0 saturated heterocycles. The molecule has 2 aromatic heterocycles. The minimum absolute atomic E-state index is 0.304. The number of hydrogen-bond donors (Lipinski definition) is 0. The Morgan fingerprint density at radius 3 is 1.06 bits per heavy atom. The van der Waals surface area contributed by atoms with E-state index in [0.717, 1.165) is 44.2 Å². The SMILES string of the molecule is CC1(C)c2cc3c(cc2-c2c1cc(-c1ccccc1-c1ccccc1)c1oc4ccccc4c21)C(C)(C)c1cc(-c2ccccc2-c2ccccc2)c2oc4ccccc4c2c1-3. The van der Waals surface area contributed by atoms with Crippen molar-refractivity contribution in [3.63, 3.8) is 0 Å². The van der Waals surface area contributed by atoms with Gasteiger partial charge in [0, 0.05) is 43.5 Å². The monoisotopic (exact) mass is 794 g/mol. The lowest BCUT2D eigenvalue weighted by Crippen LogP contribution is -2.17. The van der Waals surface area contributed by atoms with Gasteiger partial charge >= 0.3 is 0 Å². The first-order valence-electron chi connectivity index (χ1n) is 21.8. The molecule has 0 N–H and O–H groups in total. The maximum absolute atomic E-state index is 6.99. The van der Waals surface area contributed by atoms with Crippen molar-refractivity contribution < 1.29 is 8.83 Å². The van der Waals surface area contributed by atoms with E-state index in [4.69, 9.17) is 8.83 Å². The lowest BCUT2D eigenvalue weighted by molar-refractivity contribution is 0.650. The molecule has 11 aromatic rings. The van der Waals surface area contributed by atoms with Gasteiger partial charge in [0.2, 0.25) is 0 Å². The zero-order valence-electron chi connectivity index (χ0n) is 35.1. The van der Waals surface area contributed by atoms with E-state index in [1.54, 1.807) is 0 Å². The van der Waals surface area contributed by atoms with Crippen LogP contribution in [0.15, 0.2) is 191 Å². The molecule has 0 saturated carbocycles. The highest BCUT2D eigenvalue weighted by atomic mass is 16.3. The summed E-state index contributed by atoms with van der Waals surface area (Å²) in [6, 6.07) is 66.2. The van der Waals surface area contributed by atoms with Crippen LogP contribution in [0.4, 0.5) is 0 Å². The molecule has 0 bridgehead atoms. The van der Waals surface area contributed by atoms with Crippen LogP contribution in [0.25, 0.3) is 111 Å². The molecule has 0 spiro atoms. The summed E-state index contributed by atoms with van der Waals surface area (Å²) < 4.78 is 14.0. The predicted octanol–water partition coefficient (Wildman–Crippen LogP) is 16.8. The van der Waals surface area contributed by atoms with Gasteiger partial charge in [-0.25, -0.2) is 0 Å². The Kier molecular flexibility index (Phi) is 7.16. The number of hydrogen-bond acceptors (Lipinski definition) is 2. The van der Waals surface area contributed by atoms with Crippen LogP contribution < -0.4 is 0 Å². The molecule has 0 amide bonds. The number of furan rings is 2. The molecule has 2 aliphatic rings. The fraction of sp³-hybridized carbons (Fsp3) is 0.100. The second-order valence-electron chi connectivity index (χ2n) is 18.3. The van der Waals surface area contributed by atoms with Crippen LogP contribution in [0.3, 0.4) is 0 Å².